The summed E-state index contributed by atoms with van der Waals surface area (Å²) in [7, 11) is 0. The van der Waals surface area contributed by atoms with Crippen LogP contribution in [0, 0.1) is 24.0 Å². The summed E-state index contributed by atoms with van der Waals surface area (Å²) in [6.07, 6.45) is 0. The number of thiocarbonyl (C=S) groups is 1. The van der Waals surface area contributed by atoms with E-state index in [2.05, 4.69) is 20.8 Å². The summed E-state index contributed by atoms with van der Waals surface area (Å²) >= 11 is 5.24. The third-order valence-corrected chi connectivity index (χ3v) is 5.02. The molecule has 4 rings (SSSR count). The molecule has 0 aliphatic rings. The molecule has 10 heteroatoms. The molecule has 1 amide bonds. The average molecular weight is 446 g/mol. The number of nitrogens with zero attached hydrogens (tertiary/aromatic N) is 4. The van der Waals surface area contributed by atoms with Crippen molar-refractivity contribution < 1.29 is 9.72 Å². The number of carbonyl (C=O) groups excluding carboxylic acids is 1. The van der Waals surface area contributed by atoms with E-state index >= 15 is 0 Å². The van der Waals surface area contributed by atoms with Gasteiger partial charge in [0.05, 0.1) is 10.6 Å². The van der Waals surface area contributed by atoms with Crippen molar-refractivity contribution >= 4 is 45.6 Å². The van der Waals surface area contributed by atoms with E-state index in [-0.39, 0.29) is 16.4 Å². The molecule has 0 radical (unpaired) electrons. The lowest BCUT2D eigenvalue weighted by Gasteiger charge is -2.11. The molecule has 4 aromatic rings. The number of para-hydroxylation sites is 1. The third kappa shape index (κ3) is 4.30. The molecule has 0 bridgehead atoms. The molecule has 0 aliphatic heterocycles. The van der Waals surface area contributed by atoms with Gasteiger partial charge in [-0.1, -0.05) is 29.8 Å². The van der Waals surface area contributed by atoms with Crippen molar-refractivity contribution in [3.05, 3.63) is 87.5 Å². The summed E-state index contributed by atoms with van der Waals surface area (Å²) in [6, 6.07) is 17.2. The average Bonchev–Trinajstić information content (AvgIpc) is 3.17. The monoisotopic (exact) mass is 446 g/mol. The first kappa shape index (κ1) is 21.1. The van der Waals surface area contributed by atoms with Gasteiger partial charge in [-0.2, -0.15) is 4.80 Å². The second kappa shape index (κ2) is 8.52. The van der Waals surface area contributed by atoms with E-state index in [4.69, 9.17) is 12.2 Å². The van der Waals surface area contributed by atoms with Gasteiger partial charge < -0.3 is 5.32 Å². The topological polar surface area (TPSA) is 115 Å². The van der Waals surface area contributed by atoms with Crippen LogP contribution in [0.5, 0.6) is 0 Å². The highest BCUT2D eigenvalue weighted by molar-refractivity contribution is 7.80. The number of nitrogens with one attached hydrogen (secondary N) is 2. The summed E-state index contributed by atoms with van der Waals surface area (Å²) in [5.41, 5.74) is 4.45. The Morgan fingerprint density at radius 2 is 1.69 bits per heavy atom. The molecule has 9 nitrogen and oxygen atoms in total. The van der Waals surface area contributed by atoms with Crippen molar-refractivity contribution in [1.82, 2.24) is 20.3 Å². The lowest BCUT2D eigenvalue weighted by atomic mass is 10.1. The molecular weight excluding hydrogens is 428 g/mol. The van der Waals surface area contributed by atoms with Crippen LogP contribution in [0.4, 0.5) is 11.4 Å². The van der Waals surface area contributed by atoms with Gasteiger partial charge in [0.2, 0.25) is 0 Å². The third-order valence-electron chi connectivity index (χ3n) is 4.81. The largest absolute Gasteiger partial charge is 0.332 e. The number of fused-ring (bicyclic) bond motifs is 1. The normalized spacial score (nSPS) is 10.7. The second-order valence-corrected chi connectivity index (χ2v) is 7.57. The van der Waals surface area contributed by atoms with E-state index in [1.165, 1.54) is 18.2 Å². The highest BCUT2D eigenvalue weighted by Gasteiger charge is 2.20. The zero-order chi connectivity index (χ0) is 22.8. The van der Waals surface area contributed by atoms with Gasteiger partial charge in [0.25, 0.3) is 11.6 Å². The Morgan fingerprint density at radius 3 is 2.38 bits per heavy atom. The molecule has 0 saturated heterocycles. The van der Waals surface area contributed by atoms with Gasteiger partial charge in [0.1, 0.15) is 16.6 Å². The van der Waals surface area contributed by atoms with Gasteiger partial charge in [0, 0.05) is 11.8 Å². The fourth-order valence-corrected chi connectivity index (χ4v) is 3.35. The van der Waals surface area contributed by atoms with Crippen LogP contribution < -0.4 is 10.6 Å². The van der Waals surface area contributed by atoms with Gasteiger partial charge in [-0.25, -0.2) is 0 Å². The summed E-state index contributed by atoms with van der Waals surface area (Å²) < 4.78 is 0. The molecule has 3 aromatic carbocycles. The van der Waals surface area contributed by atoms with Crippen molar-refractivity contribution in [2.45, 2.75) is 13.8 Å². The van der Waals surface area contributed by atoms with Crippen molar-refractivity contribution in [3.8, 4) is 5.69 Å². The van der Waals surface area contributed by atoms with Gasteiger partial charge in [0.15, 0.2) is 5.11 Å². The SMILES string of the molecule is Cc1ccc(-n2nc3cc(C)c(NC(=S)NC(=O)c4ccccc4[N+](=O)[O-])cc3n2)cc1. The van der Waals surface area contributed by atoms with Crippen LogP contribution in [0.3, 0.4) is 0 Å². The van der Waals surface area contributed by atoms with Crippen molar-refractivity contribution in [2.24, 2.45) is 0 Å². The van der Waals surface area contributed by atoms with Gasteiger partial charge in [-0.05, 0) is 62.0 Å². The predicted octanol–water partition coefficient (Wildman–Crippen LogP) is 4.07. The van der Waals surface area contributed by atoms with Crippen molar-refractivity contribution in [2.75, 3.05) is 5.32 Å². The number of nitro groups is 1. The summed E-state index contributed by atoms with van der Waals surface area (Å²) in [4.78, 5) is 24.6. The van der Waals surface area contributed by atoms with Crippen LogP contribution in [0.15, 0.2) is 60.7 Å². The molecule has 0 saturated carbocycles. The molecule has 0 fully saturated rings. The highest BCUT2D eigenvalue weighted by atomic mass is 32.1. The van der Waals surface area contributed by atoms with Crippen LogP contribution >= 0.6 is 12.2 Å². The fourth-order valence-electron chi connectivity index (χ4n) is 3.15. The van der Waals surface area contributed by atoms with E-state index in [1.807, 2.05) is 44.2 Å². The second-order valence-electron chi connectivity index (χ2n) is 7.16. The Morgan fingerprint density at radius 1 is 1.03 bits per heavy atom. The molecular formula is C22H18N6O3S. The number of nitro benzene ring substituents is 1. The quantitative estimate of drug-likeness (QED) is 0.276. The van der Waals surface area contributed by atoms with E-state index < -0.39 is 10.8 Å². The zero-order valence-electron chi connectivity index (χ0n) is 17.2. The number of carbonyl (C=O) groups is 1. The summed E-state index contributed by atoms with van der Waals surface area (Å²) in [6.45, 7) is 3.88. The van der Waals surface area contributed by atoms with Crippen molar-refractivity contribution in [3.63, 3.8) is 0 Å². The molecule has 160 valence electrons. The molecule has 1 heterocycles. The molecule has 32 heavy (non-hydrogen) atoms. The van der Waals surface area contributed by atoms with Gasteiger partial charge in [-0.3, -0.25) is 20.2 Å². The number of anilines is 1. The van der Waals surface area contributed by atoms with E-state index in [1.54, 1.807) is 16.9 Å². The zero-order valence-corrected chi connectivity index (χ0v) is 18.0. The molecule has 0 spiro atoms. The maximum absolute atomic E-state index is 12.5. The summed E-state index contributed by atoms with van der Waals surface area (Å²) in [5.74, 6) is -0.668. The predicted molar refractivity (Wildman–Crippen MR) is 125 cm³/mol. The fraction of sp³-hybridized carbons (Fsp3) is 0.0909. The standard InChI is InChI=1S/C22H18N6O3S/c1-13-7-9-15(10-8-13)27-25-18-11-14(2)17(12-19(18)26-27)23-22(32)24-21(29)16-5-3-4-6-20(16)28(30)31/h3-12H,1-2H3,(H2,23,24,29,32). The van der Waals surface area contributed by atoms with E-state index in [0.717, 1.165) is 16.8 Å². The Hall–Kier alpha value is -4.18. The number of benzene rings is 3. The van der Waals surface area contributed by atoms with Crippen LogP contribution in [-0.4, -0.2) is 30.9 Å². The first-order valence-corrected chi connectivity index (χ1v) is 10.0. The minimum atomic E-state index is -0.668. The molecule has 2 N–H and O–H groups in total. The minimum Gasteiger partial charge on any atom is -0.332 e. The number of hydrogen-bond donors (Lipinski definition) is 2. The first-order valence-electron chi connectivity index (χ1n) is 9.62. The maximum Gasteiger partial charge on any atom is 0.282 e. The molecule has 1 aromatic heterocycles. The Kier molecular flexibility index (Phi) is 5.61. The van der Waals surface area contributed by atoms with Gasteiger partial charge in [-0.15, -0.1) is 10.2 Å². The van der Waals surface area contributed by atoms with E-state index in [9.17, 15) is 14.9 Å². The number of aryl methyl sites for hydroxylation is 2. The lowest BCUT2D eigenvalue weighted by molar-refractivity contribution is -0.385. The molecule has 0 aliphatic carbocycles. The highest BCUT2D eigenvalue weighted by Crippen LogP contribution is 2.23. The Bertz CT molecular complexity index is 1360. The number of aromatic nitrogens is 3. The number of amides is 1. The van der Waals surface area contributed by atoms with Gasteiger partial charge >= 0.3 is 0 Å². The maximum atomic E-state index is 12.5. The minimum absolute atomic E-state index is 0.0153. The first-order chi connectivity index (χ1) is 15.3. The van der Waals surface area contributed by atoms with Crippen molar-refractivity contribution in [1.29, 1.82) is 0 Å². The summed E-state index contributed by atoms with van der Waals surface area (Å²) in [5, 5.41) is 25.7. The Balaban J connectivity index is 1.54. The van der Waals surface area contributed by atoms with Crippen LogP contribution in [0.2, 0.25) is 0 Å². The van der Waals surface area contributed by atoms with Crippen LogP contribution in [0.1, 0.15) is 21.5 Å². The smallest absolute Gasteiger partial charge is 0.282 e. The molecule has 0 unspecified atom stereocenters. The van der Waals surface area contributed by atoms with Crippen LogP contribution in [0.25, 0.3) is 16.7 Å². The van der Waals surface area contributed by atoms with Crippen LogP contribution in [-0.2, 0) is 0 Å². The number of hydrogen-bond acceptors (Lipinski definition) is 6. The van der Waals surface area contributed by atoms with E-state index in [0.29, 0.717) is 16.7 Å². The molecule has 0 atom stereocenters. The lowest BCUT2D eigenvalue weighted by Crippen LogP contribution is -2.34. The number of rotatable bonds is 4. The Labute approximate surface area is 188 Å².